The predicted molar refractivity (Wildman–Crippen MR) is 40.1 cm³/mol. The highest BCUT2D eigenvalue weighted by Gasteiger charge is 2.31. The molecule has 3 heteroatoms. The van der Waals surface area contributed by atoms with Gasteiger partial charge in [-0.05, 0) is 25.7 Å². The summed E-state index contributed by atoms with van der Waals surface area (Å²) in [5, 5.41) is 8.67. The summed E-state index contributed by atoms with van der Waals surface area (Å²) < 4.78 is 4.73. The molecule has 1 fully saturated rings. The Hall–Kier alpha value is -0.990. The molecule has 1 aliphatic rings. The minimum atomic E-state index is -0.377. The van der Waals surface area contributed by atoms with Gasteiger partial charge in [0.25, 0.3) is 0 Å². The van der Waals surface area contributed by atoms with Crippen molar-refractivity contribution in [3.8, 4) is 0 Å². The molecular formula is C8H12O3. The van der Waals surface area contributed by atoms with Gasteiger partial charge in [-0.3, -0.25) is 0 Å². The predicted octanol–water partition coefficient (Wildman–Crippen LogP) is 1.40. The molecule has 0 aliphatic heterocycles. The Morgan fingerprint density at radius 2 is 2.36 bits per heavy atom. The fourth-order valence-electron chi connectivity index (χ4n) is 0.934. The first-order chi connectivity index (χ1) is 5.29. The molecule has 0 atom stereocenters. The molecule has 0 saturated heterocycles. The van der Waals surface area contributed by atoms with Gasteiger partial charge in [0.2, 0.25) is 0 Å². The maximum atomic E-state index is 11.0. The topological polar surface area (TPSA) is 46.5 Å². The summed E-state index contributed by atoms with van der Waals surface area (Å²) in [6, 6.07) is 0. The summed E-state index contributed by atoms with van der Waals surface area (Å²) in [5.41, 5.74) is 0.423. The van der Waals surface area contributed by atoms with E-state index in [1.165, 1.54) is 0 Å². The van der Waals surface area contributed by atoms with Crippen LogP contribution >= 0.6 is 0 Å². The van der Waals surface area contributed by atoms with Crippen LogP contribution in [-0.4, -0.2) is 17.7 Å². The van der Waals surface area contributed by atoms with E-state index >= 15 is 0 Å². The van der Waals surface area contributed by atoms with Crippen molar-refractivity contribution in [1.82, 2.24) is 0 Å². The highest BCUT2D eigenvalue weighted by molar-refractivity contribution is 5.89. The molecule has 0 amide bonds. The third kappa shape index (κ3) is 1.97. The summed E-state index contributed by atoms with van der Waals surface area (Å²) in [5.74, 6) is -0.128. The number of esters is 1. The van der Waals surface area contributed by atoms with Gasteiger partial charge in [0.15, 0.2) is 0 Å². The standard InChI is InChI=1S/C8H12O3/c1-2-11-8(10)7(5-9)6-3-4-6/h5-6,9H,2-4H2,1H3/b7-5+. The second-order valence-corrected chi connectivity index (χ2v) is 2.58. The van der Waals surface area contributed by atoms with Crippen LogP contribution in [0.3, 0.4) is 0 Å². The van der Waals surface area contributed by atoms with Crippen molar-refractivity contribution in [2.45, 2.75) is 19.8 Å². The number of aliphatic hydroxyl groups is 1. The van der Waals surface area contributed by atoms with Crippen molar-refractivity contribution in [1.29, 1.82) is 0 Å². The number of carbonyl (C=O) groups excluding carboxylic acids is 1. The number of aliphatic hydroxyl groups excluding tert-OH is 1. The Morgan fingerprint density at radius 1 is 1.73 bits per heavy atom. The second-order valence-electron chi connectivity index (χ2n) is 2.58. The van der Waals surface area contributed by atoms with Gasteiger partial charge >= 0.3 is 5.97 Å². The third-order valence-electron chi connectivity index (χ3n) is 1.67. The first-order valence-electron chi connectivity index (χ1n) is 3.81. The average molecular weight is 156 g/mol. The molecule has 0 bridgehead atoms. The summed E-state index contributed by atoms with van der Waals surface area (Å²) in [6.45, 7) is 2.11. The van der Waals surface area contributed by atoms with Crippen molar-refractivity contribution in [2.24, 2.45) is 5.92 Å². The zero-order chi connectivity index (χ0) is 8.27. The van der Waals surface area contributed by atoms with Crippen molar-refractivity contribution >= 4 is 5.97 Å². The summed E-state index contributed by atoms with van der Waals surface area (Å²) in [6.07, 6.45) is 2.85. The molecule has 0 unspecified atom stereocenters. The van der Waals surface area contributed by atoms with Gasteiger partial charge < -0.3 is 9.84 Å². The molecule has 11 heavy (non-hydrogen) atoms. The van der Waals surface area contributed by atoms with Gasteiger partial charge in [0.05, 0.1) is 18.4 Å². The number of rotatable bonds is 3. The fraction of sp³-hybridized carbons (Fsp3) is 0.625. The van der Waals surface area contributed by atoms with Crippen LogP contribution in [0.1, 0.15) is 19.8 Å². The number of ether oxygens (including phenoxy) is 1. The molecule has 0 aromatic heterocycles. The Kier molecular flexibility index (Phi) is 2.52. The second kappa shape index (κ2) is 3.42. The van der Waals surface area contributed by atoms with E-state index in [-0.39, 0.29) is 11.9 Å². The summed E-state index contributed by atoms with van der Waals surface area (Å²) in [7, 11) is 0. The van der Waals surface area contributed by atoms with Crippen molar-refractivity contribution in [3.63, 3.8) is 0 Å². The van der Waals surface area contributed by atoms with Gasteiger partial charge in [-0.2, -0.15) is 0 Å². The van der Waals surface area contributed by atoms with Gasteiger partial charge in [0.1, 0.15) is 0 Å². The molecule has 0 spiro atoms. The lowest BCUT2D eigenvalue weighted by Crippen LogP contribution is -2.08. The zero-order valence-corrected chi connectivity index (χ0v) is 6.54. The van der Waals surface area contributed by atoms with Crippen LogP contribution in [0, 0.1) is 5.92 Å². The van der Waals surface area contributed by atoms with Crippen molar-refractivity contribution in [3.05, 3.63) is 11.8 Å². The van der Waals surface area contributed by atoms with Crippen LogP contribution in [0.5, 0.6) is 0 Å². The molecule has 62 valence electrons. The Balaban J connectivity index is 2.47. The Bertz CT molecular complexity index is 180. The third-order valence-corrected chi connectivity index (χ3v) is 1.67. The van der Waals surface area contributed by atoms with Crippen LogP contribution < -0.4 is 0 Å². The number of carbonyl (C=O) groups is 1. The van der Waals surface area contributed by atoms with Crippen LogP contribution in [-0.2, 0) is 9.53 Å². The average Bonchev–Trinajstić information content (AvgIpc) is 2.73. The first-order valence-corrected chi connectivity index (χ1v) is 3.81. The lowest BCUT2D eigenvalue weighted by Gasteiger charge is -2.02. The van der Waals surface area contributed by atoms with E-state index in [9.17, 15) is 4.79 Å². The highest BCUT2D eigenvalue weighted by Crippen LogP contribution is 2.36. The van der Waals surface area contributed by atoms with E-state index in [0.717, 1.165) is 19.1 Å². The number of hydrogen-bond donors (Lipinski definition) is 1. The molecule has 1 aliphatic carbocycles. The van der Waals surface area contributed by atoms with E-state index in [4.69, 9.17) is 9.84 Å². The van der Waals surface area contributed by atoms with Crippen molar-refractivity contribution in [2.75, 3.05) is 6.61 Å². The molecule has 0 heterocycles. The highest BCUT2D eigenvalue weighted by atomic mass is 16.5. The molecule has 1 saturated carbocycles. The Morgan fingerprint density at radius 3 is 2.73 bits per heavy atom. The largest absolute Gasteiger partial charge is 0.515 e. The molecule has 0 radical (unpaired) electrons. The summed E-state index contributed by atoms with van der Waals surface area (Å²) in [4.78, 5) is 11.0. The van der Waals surface area contributed by atoms with Gasteiger partial charge in [-0.1, -0.05) is 0 Å². The number of hydrogen-bond acceptors (Lipinski definition) is 3. The van der Waals surface area contributed by atoms with E-state index in [2.05, 4.69) is 0 Å². The lowest BCUT2D eigenvalue weighted by molar-refractivity contribution is -0.138. The van der Waals surface area contributed by atoms with Crippen LogP contribution in [0.4, 0.5) is 0 Å². The normalized spacial score (nSPS) is 18.1. The van der Waals surface area contributed by atoms with Crippen LogP contribution in [0.25, 0.3) is 0 Å². The fourth-order valence-corrected chi connectivity index (χ4v) is 0.934. The van der Waals surface area contributed by atoms with E-state index < -0.39 is 0 Å². The van der Waals surface area contributed by atoms with Gasteiger partial charge in [-0.25, -0.2) is 4.79 Å². The quantitative estimate of drug-likeness (QED) is 0.381. The van der Waals surface area contributed by atoms with Gasteiger partial charge in [0, 0.05) is 0 Å². The lowest BCUT2D eigenvalue weighted by atomic mass is 10.2. The molecule has 0 aromatic carbocycles. The van der Waals surface area contributed by atoms with Crippen LogP contribution in [0.15, 0.2) is 11.8 Å². The summed E-state index contributed by atoms with van der Waals surface area (Å²) >= 11 is 0. The maximum absolute atomic E-state index is 11.0. The molecule has 1 N–H and O–H groups in total. The van der Waals surface area contributed by atoms with Crippen molar-refractivity contribution < 1.29 is 14.6 Å². The maximum Gasteiger partial charge on any atom is 0.337 e. The molecule has 3 nitrogen and oxygen atoms in total. The SMILES string of the molecule is CCOC(=O)/C(=C/O)C1CC1. The molecule has 0 aromatic rings. The smallest absolute Gasteiger partial charge is 0.337 e. The minimum absolute atomic E-state index is 0.249. The zero-order valence-electron chi connectivity index (χ0n) is 6.54. The van der Waals surface area contributed by atoms with E-state index in [1.54, 1.807) is 6.92 Å². The van der Waals surface area contributed by atoms with Gasteiger partial charge in [-0.15, -0.1) is 0 Å². The van der Waals surface area contributed by atoms with E-state index in [1.807, 2.05) is 0 Å². The first kappa shape index (κ1) is 8.11. The molecule has 1 rings (SSSR count). The Labute approximate surface area is 65.7 Å². The monoisotopic (exact) mass is 156 g/mol. The van der Waals surface area contributed by atoms with E-state index in [0.29, 0.717) is 12.2 Å². The van der Waals surface area contributed by atoms with Crippen LogP contribution in [0.2, 0.25) is 0 Å². The molecular weight excluding hydrogens is 144 g/mol. The minimum Gasteiger partial charge on any atom is -0.515 e.